The van der Waals surface area contributed by atoms with Gasteiger partial charge in [-0.15, -0.1) is 0 Å². The molecule has 0 radical (unpaired) electrons. The van der Waals surface area contributed by atoms with E-state index in [1.165, 1.54) is 0 Å². The number of hydrogen-bond donors (Lipinski definition) is 2. The van der Waals surface area contributed by atoms with Crippen LogP contribution in [0.1, 0.15) is 71.6 Å². The molecule has 5 aromatic rings. The van der Waals surface area contributed by atoms with Crippen LogP contribution in [-0.2, 0) is 50.5 Å². The number of Topliss-reactive ketones (excluding diaryl/α,β-unsaturated/α-hetero) is 1. The van der Waals surface area contributed by atoms with Crippen molar-refractivity contribution in [1.82, 2.24) is 29.7 Å². The molecule has 0 saturated carbocycles. The normalized spacial score (nSPS) is 11.3. The summed E-state index contributed by atoms with van der Waals surface area (Å²) >= 11 is 0. The molecule has 49 heavy (non-hydrogen) atoms. The van der Waals surface area contributed by atoms with Crippen LogP contribution in [0.25, 0.3) is 0 Å². The highest BCUT2D eigenvalue weighted by Gasteiger charge is 2.19. The third-order valence-electron chi connectivity index (χ3n) is 8.41. The largest absolute Gasteiger partial charge is 0.507 e. The Morgan fingerprint density at radius 1 is 0.571 bits per heavy atom. The fourth-order valence-electron chi connectivity index (χ4n) is 5.97. The number of aryl methyl sites for hydroxylation is 1. The molecule has 254 valence electrons. The topological polar surface area (TPSA) is 121 Å². The van der Waals surface area contributed by atoms with Gasteiger partial charge in [0.15, 0.2) is 0 Å². The Labute approximate surface area is 289 Å². The first-order chi connectivity index (χ1) is 24.1. The molecule has 1 aromatic carbocycles. The van der Waals surface area contributed by atoms with Crippen molar-refractivity contribution in [2.75, 3.05) is 6.54 Å². The predicted molar refractivity (Wildman–Crippen MR) is 192 cm³/mol. The van der Waals surface area contributed by atoms with Crippen LogP contribution in [0.2, 0.25) is 0 Å². The number of phenols is 1. The molecule has 3 N–H and O–H groups in total. The van der Waals surface area contributed by atoms with Gasteiger partial charge in [0.2, 0.25) is 0 Å². The van der Waals surface area contributed by atoms with Crippen molar-refractivity contribution in [3.05, 3.63) is 149 Å². The summed E-state index contributed by atoms with van der Waals surface area (Å²) in [5.74, 6) is 0.517. The molecule has 0 bridgehead atoms. The van der Waals surface area contributed by atoms with Gasteiger partial charge in [-0.2, -0.15) is 0 Å². The molecule has 5 rings (SSSR count). The number of ketones is 1. The van der Waals surface area contributed by atoms with E-state index in [-0.39, 0.29) is 11.5 Å². The van der Waals surface area contributed by atoms with Gasteiger partial charge < -0.3 is 10.8 Å². The fourth-order valence-corrected chi connectivity index (χ4v) is 5.97. The van der Waals surface area contributed by atoms with Crippen LogP contribution in [-0.4, -0.2) is 47.2 Å². The van der Waals surface area contributed by atoms with Gasteiger partial charge in [0.1, 0.15) is 11.5 Å². The highest BCUT2D eigenvalue weighted by atomic mass is 16.3. The Morgan fingerprint density at radius 3 is 1.37 bits per heavy atom. The summed E-state index contributed by atoms with van der Waals surface area (Å²) in [5.41, 5.74) is 12.0. The minimum absolute atomic E-state index is 0.257. The standard InChI is InChI=1S/C40H47N7O2/c41-19-7-1-2-16-39(48)18-17-32-24-33(26-46(28-35-12-3-8-20-42-35)29-36-13-4-9-21-43-36)40(49)34(25-32)27-47(30-37-14-5-10-22-44-37)31-38-15-6-11-23-45-38/h3-6,8-15,20-25,49H,1-2,7,16-19,26-31,41H2. The molecule has 9 nitrogen and oxygen atoms in total. The molecule has 0 saturated heterocycles. The second kappa shape index (κ2) is 19.2. The molecule has 9 heteroatoms. The predicted octanol–water partition coefficient (Wildman–Crippen LogP) is 6.40. The van der Waals surface area contributed by atoms with Crippen LogP contribution in [0, 0.1) is 0 Å². The van der Waals surface area contributed by atoms with E-state index < -0.39 is 0 Å². The van der Waals surface area contributed by atoms with Gasteiger partial charge in [-0.25, -0.2) is 0 Å². The Balaban J connectivity index is 1.44. The second-order valence-corrected chi connectivity index (χ2v) is 12.5. The van der Waals surface area contributed by atoms with Crippen LogP contribution in [0.4, 0.5) is 0 Å². The molecule has 4 aromatic heterocycles. The maximum Gasteiger partial charge on any atom is 0.133 e. The average Bonchev–Trinajstić information content (AvgIpc) is 3.12. The number of aromatic nitrogens is 4. The quantitative estimate of drug-likeness (QED) is 0.0917. The summed E-state index contributed by atoms with van der Waals surface area (Å²) in [6.07, 6.45) is 11.6. The van der Waals surface area contributed by atoms with E-state index in [0.29, 0.717) is 65.1 Å². The lowest BCUT2D eigenvalue weighted by atomic mass is 9.97. The number of rotatable bonds is 20. The molecule has 0 unspecified atom stereocenters. The molecule has 0 aliphatic heterocycles. The van der Waals surface area contributed by atoms with Crippen molar-refractivity contribution in [3.8, 4) is 5.75 Å². The molecule has 0 aliphatic rings. The Kier molecular flexibility index (Phi) is 13.9. The Bertz CT molecular complexity index is 1500. The fraction of sp³-hybridized carbons (Fsp3) is 0.325. The zero-order valence-electron chi connectivity index (χ0n) is 28.2. The Hall–Kier alpha value is -4.83. The van der Waals surface area contributed by atoms with E-state index in [9.17, 15) is 9.90 Å². The second-order valence-electron chi connectivity index (χ2n) is 12.5. The number of nitrogens with zero attached hydrogens (tertiary/aromatic N) is 6. The smallest absolute Gasteiger partial charge is 0.133 e. The first kappa shape index (κ1) is 35.5. The van der Waals surface area contributed by atoms with Crippen molar-refractivity contribution in [1.29, 1.82) is 0 Å². The summed E-state index contributed by atoms with van der Waals surface area (Å²) in [7, 11) is 0. The zero-order valence-corrected chi connectivity index (χ0v) is 28.2. The van der Waals surface area contributed by atoms with Crippen molar-refractivity contribution in [3.63, 3.8) is 0 Å². The molecule has 0 atom stereocenters. The van der Waals surface area contributed by atoms with E-state index in [1.54, 1.807) is 24.8 Å². The number of unbranched alkanes of at least 4 members (excludes halogenated alkanes) is 2. The number of pyridine rings is 4. The summed E-state index contributed by atoms with van der Waals surface area (Å²) in [6, 6.07) is 27.8. The number of benzene rings is 1. The van der Waals surface area contributed by atoms with Crippen molar-refractivity contribution in [2.24, 2.45) is 5.73 Å². The number of nitrogens with two attached hydrogens (primary N) is 1. The van der Waals surface area contributed by atoms with Crippen molar-refractivity contribution in [2.45, 2.75) is 77.8 Å². The molecule has 0 aliphatic carbocycles. The van der Waals surface area contributed by atoms with E-state index in [4.69, 9.17) is 5.73 Å². The minimum Gasteiger partial charge on any atom is -0.507 e. The lowest BCUT2D eigenvalue weighted by Gasteiger charge is -2.26. The van der Waals surface area contributed by atoms with Gasteiger partial charge in [0, 0.05) is 88.0 Å². The summed E-state index contributed by atoms with van der Waals surface area (Å²) in [4.78, 5) is 35.7. The van der Waals surface area contributed by atoms with Gasteiger partial charge in [0.25, 0.3) is 0 Å². The molecule has 0 spiro atoms. The maximum atomic E-state index is 12.9. The third kappa shape index (κ3) is 12.0. The highest BCUT2D eigenvalue weighted by molar-refractivity contribution is 5.78. The van der Waals surface area contributed by atoms with E-state index in [1.807, 2.05) is 72.8 Å². The van der Waals surface area contributed by atoms with Crippen LogP contribution in [0.3, 0.4) is 0 Å². The Morgan fingerprint density at radius 2 is 1.00 bits per heavy atom. The number of carbonyl (C=O) groups excluding carboxylic acids is 1. The lowest BCUT2D eigenvalue weighted by molar-refractivity contribution is -0.119. The van der Waals surface area contributed by atoms with Gasteiger partial charge in [-0.3, -0.25) is 34.5 Å². The number of aromatic hydroxyl groups is 1. The molecular weight excluding hydrogens is 610 g/mol. The summed E-state index contributed by atoms with van der Waals surface area (Å²) in [6.45, 7) is 3.96. The molecule has 0 amide bonds. The molecule has 0 fully saturated rings. The molecule has 4 heterocycles. The lowest BCUT2D eigenvalue weighted by Crippen LogP contribution is -2.25. The average molecular weight is 658 g/mol. The van der Waals surface area contributed by atoms with Gasteiger partial charge in [0.05, 0.1) is 22.8 Å². The van der Waals surface area contributed by atoms with Gasteiger partial charge in [-0.05, 0) is 79.9 Å². The number of phenolic OH excluding ortho intramolecular Hbond substituents is 1. The van der Waals surface area contributed by atoms with E-state index >= 15 is 0 Å². The van der Waals surface area contributed by atoms with Gasteiger partial charge in [-0.1, -0.05) is 42.8 Å². The van der Waals surface area contributed by atoms with Crippen LogP contribution >= 0.6 is 0 Å². The monoisotopic (exact) mass is 657 g/mol. The number of carbonyl (C=O) groups is 1. The van der Waals surface area contributed by atoms with Crippen LogP contribution < -0.4 is 5.73 Å². The maximum absolute atomic E-state index is 12.9. The summed E-state index contributed by atoms with van der Waals surface area (Å²) in [5, 5.41) is 11.9. The molecular formula is C40H47N7O2. The first-order valence-corrected chi connectivity index (χ1v) is 17.2. The highest BCUT2D eigenvalue weighted by Crippen LogP contribution is 2.30. The third-order valence-corrected chi connectivity index (χ3v) is 8.41. The first-order valence-electron chi connectivity index (χ1n) is 17.2. The van der Waals surface area contributed by atoms with E-state index in [0.717, 1.165) is 58.7 Å². The SMILES string of the molecule is NCCCCCC(=O)CCc1cc(CN(Cc2ccccn2)Cc2ccccn2)c(O)c(CN(Cc2ccccn2)Cc2ccccn2)c1. The summed E-state index contributed by atoms with van der Waals surface area (Å²) < 4.78 is 0. The van der Waals surface area contributed by atoms with Crippen molar-refractivity contribution < 1.29 is 9.90 Å². The zero-order chi connectivity index (χ0) is 34.1. The number of hydrogen-bond acceptors (Lipinski definition) is 9. The minimum atomic E-state index is 0.257. The van der Waals surface area contributed by atoms with Crippen molar-refractivity contribution >= 4 is 5.78 Å². The van der Waals surface area contributed by atoms with Gasteiger partial charge >= 0.3 is 0 Å². The van der Waals surface area contributed by atoms with Crippen LogP contribution in [0.5, 0.6) is 5.75 Å². The van der Waals surface area contributed by atoms with Crippen LogP contribution in [0.15, 0.2) is 110 Å². The van der Waals surface area contributed by atoms with E-state index in [2.05, 4.69) is 41.9 Å².